The molecular weight excluding hydrogens is 334 g/mol. The quantitative estimate of drug-likeness (QED) is 0.273. The summed E-state index contributed by atoms with van der Waals surface area (Å²) in [4.78, 5) is 27.2. The first kappa shape index (κ1) is 18.7. The zero-order chi connectivity index (χ0) is 18.9. The van der Waals surface area contributed by atoms with Crippen molar-refractivity contribution in [3.05, 3.63) is 71.4 Å². The molecule has 8 heteroatoms. The zero-order valence-corrected chi connectivity index (χ0v) is 14.2. The minimum Gasteiger partial charge on any atom is -0.510 e. The molecular formula is C18H17N5O3. The molecule has 0 radical (unpaired) electrons. The molecule has 0 aliphatic carbocycles. The van der Waals surface area contributed by atoms with Crippen LogP contribution in [-0.4, -0.2) is 28.0 Å². The molecule has 0 saturated heterocycles. The lowest BCUT2D eigenvalue weighted by Gasteiger charge is -2.00. The van der Waals surface area contributed by atoms with Gasteiger partial charge in [-0.2, -0.15) is 10.2 Å². The molecule has 8 nitrogen and oxygen atoms in total. The highest BCUT2D eigenvalue weighted by Gasteiger charge is 2.07. The monoisotopic (exact) mass is 351 g/mol. The van der Waals surface area contributed by atoms with Gasteiger partial charge >= 0.3 is 0 Å². The van der Waals surface area contributed by atoms with Crippen LogP contribution in [0.4, 0.5) is 5.69 Å². The fraction of sp³-hybridized carbons (Fsp3) is 0.111. The van der Waals surface area contributed by atoms with Gasteiger partial charge < -0.3 is 5.11 Å². The van der Waals surface area contributed by atoms with Crippen molar-refractivity contribution in [1.29, 1.82) is 0 Å². The molecule has 0 aliphatic heterocycles. The first-order valence-corrected chi connectivity index (χ1v) is 7.63. The molecule has 2 aromatic rings. The third-order valence-electron chi connectivity index (χ3n) is 3.16. The van der Waals surface area contributed by atoms with E-state index in [1.807, 2.05) is 0 Å². The summed E-state index contributed by atoms with van der Waals surface area (Å²) in [6.07, 6.45) is 4.76. The third-order valence-corrected chi connectivity index (χ3v) is 3.16. The van der Waals surface area contributed by atoms with Gasteiger partial charge in [-0.05, 0) is 48.9 Å². The van der Waals surface area contributed by atoms with E-state index < -0.39 is 5.78 Å². The number of hydrogen-bond acceptors (Lipinski definition) is 7. The molecule has 0 bridgehead atoms. The highest BCUT2D eigenvalue weighted by Crippen LogP contribution is 2.16. The van der Waals surface area contributed by atoms with Gasteiger partial charge in [-0.1, -0.05) is 0 Å². The van der Waals surface area contributed by atoms with Crippen LogP contribution in [-0.2, 0) is 4.79 Å². The van der Waals surface area contributed by atoms with Gasteiger partial charge in [-0.3, -0.25) is 14.6 Å². The number of amides is 1. The number of carbonyl (C=O) groups is 2. The van der Waals surface area contributed by atoms with E-state index in [1.165, 1.54) is 20.1 Å². The molecule has 0 unspecified atom stereocenters. The summed E-state index contributed by atoms with van der Waals surface area (Å²) in [5.74, 6) is -0.976. The van der Waals surface area contributed by atoms with Crippen molar-refractivity contribution < 1.29 is 14.7 Å². The summed E-state index contributed by atoms with van der Waals surface area (Å²) >= 11 is 0. The maximum atomic E-state index is 12.0. The Morgan fingerprint density at radius 2 is 1.73 bits per heavy atom. The summed E-state index contributed by atoms with van der Waals surface area (Å²) in [6.45, 7) is 2.64. The number of hydrazone groups is 1. The lowest BCUT2D eigenvalue weighted by Crippen LogP contribution is -2.17. The minimum atomic E-state index is -0.392. The molecule has 0 atom stereocenters. The van der Waals surface area contributed by atoms with Crippen molar-refractivity contribution in [2.75, 3.05) is 0 Å². The van der Waals surface area contributed by atoms with Crippen molar-refractivity contribution in [3.8, 4) is 0 Å². The highest BCUT2D eigenvalue weighted by molar-refractivity contribution is 5.95. The third kappa shape index (κ3) is 5.45. The van der Waals surface area contributed by atoms with Crippen LogP contribution >= 0.6 is 0 Å². The average Bonchev–Trinajstić information content (AvgIpc) is 2.62. The Labute approximate surface area is 150 Å². The standard InChI is InChI=1S/C18H17N5O3/c1-12(24)17(13(2)25)22-21-16-5-3-15(4-6-16)18(26)23-20-11-14-7-9-19-10-8-14/h3-11,24H,1-2H3,(H,23,26)/b17-12-,20-11+,22-21?. The van der Waals surface area contributed by atoms with Crippen molar-refractivity contribution in [1.82, 2.24) is 10.4 Å². The molecule has 26 heavy (non-hydrogen) atoms. The van der Waals surface area contributed by atoms with Gasteiger partial charge in [0, 0.05) is 24.9 Å². The minimum absolute atomic E-state index is 0.114. The average molecular weight is 351 g/mol. The van der Waals surface area contributed by atoms with Gasteiger partial charge in [0.1, 0.15) is 5.76 Å². The summed E-state index contributed by atoms with van der Waals surface area (Å²) in [7, 11) is 0. The summed E-state index contributed by atoms with van der Waals surface area (Å²) in [5.41, 5.74) is 3.93. The number of ketones is 1. The second-order valence-electron chi connectivity index (χ2n) is 5.22. The predicted octanol–water partition coefficient (Wildman–Crippen LogP) is 3.31. The van der Waals surface area contributed by atoms with Gasteiger partial charge in [0.2, 0.25) is 0 Å². The summed E-state index contributed by atoms with van der Waals surface area (Å²) in [6, 6.07) is 9.74. The van der Waals surface area contributed by atoms with Crippen LogP contribution in [0.1, 0.15) is 29.8 Å². The Morgan fingerprint density at radius 3 is 2.31 bits per heavy atom. The van der Waals surface area contributed by atoms with Crippen LogP contribution in [0.2, 0.25) is 0 Å². The molecule has 1 aromatic heterocycles. The van der Waals surface area contributed by atoms with Crippen molar-refractivity contribution in [2.45, 2.75) is 13.8 Å². The molecule has 2 rings (SSSR count). The first-order chi connectivity index (χ1) is 12.5. The summed E-state index contributed by atoms with van der Waals surface area (Å²) in [5, 5.41) is 20.8. The van der Waals surface area contributed by atoms with E-state index in [0.717, 1.165) is 5.56 Å². The maximum absolute atomic E-state index is 12.0. The Balaban J connectivity index is 2.00. The number of pyridine rings is 1. The van der Waals surface area contributed by atoms with Crippen LogP contribution in [0.15, 0.2) is 75.6 Å². The van der Waals surface area contributed by atoms with Crippen LogP contribution in [0.5, 0.6) is 0 Å². The second kappa shape index (κ2) is 8.97. The van der Waals surface area contributed by atoms with Crippen LogP contribution in [0.3, 0.4) is 0 Å². The smallest absolute Gasteiger partial charge is 0.271 e. The van der Waals surface area contributed by atoms with E-state index in [-0.39, 0.29) is 17.4 Å². The molecule has 132 valence electrons. The van der Waals surface area contributed by atoms with E-state index in [0.29, 0.717) is 11.3 Å². The van der Waals surface area contributed by atoms with Gasteiger partial charge in [0.05, 0.1) is 11.9 Å². The fourth-order valence-electron chi connectivity index (χ4n) is 1.86. The van der Waals surface area contributed by atoms with E-state index in [9.17, 15) is 14.7 Å². The molecule has 1 heterocycles. The maximum Gasteiger partial charge on any atom is 0.271 e. The Morgan fingerprint density at radius 1 is 1.08 bits per heavy atom. The number of nitrogens with one attached hydrogen (secondary N) is 1. The number of aromatic nitrogens is 1. The number of benzene rings is 1. The number of hydrogen-bond donors (Lipinski definition) is 2. The van der Waals surface area contributed by atoms with Gasteiger partial charge in [0.15, 0.2) is 11.5 Å². The van der Waals surface area contributed by atoms with Crippen LogP contribution in [0, 0.1) is 0 Å². The molecule has 0 fully saturated rings. The van der Waals surface area contributed by atoms with Gasteiger partial charge in [-0.25, -0.2) is 5.43 Å². The molecule has 0 aliphatic rings. The lowest BCUT2D eigenvalue weighted by molar-refractivity contribution is -0.113. The van der Waals surface area contributed by atoms with E-state index in [4.69, 9.17) is 0 Å². The predicted molar refractivity (Wildman–Crippen MR) is 96.3 cm³/mol. The number of allylic oxidation sites excluding steroid dienone is 2. The van der Waals surface area contributed by atoms with Crippen LogP contribution in [0.25, 0.3) is 0 Å². The molecule has 0 spiro atoms. The van der Waals surface area contributed by atoms with E-state index in [2.05, 4.69) is 25.7 Å². The Kier molecular flexibility index (Phi) is 6.44. The van der Waals surface area contributed by atoms with Gasteiger partial charge in [-0.15, -0.1) is 5.11 Å². The number of aliphatic hydroxyl groups is 1. The van der Waals surface area contributed by atoms with E-state index in [1.54, 1.807) is 48.8 Å². The topological polar surface area (TPSA) is 116 Å². The first-order valence-electron chi connectivity index (χ1n) is 7.63. The van der Waals surface area contributed by atoms with Crippen molar-refractivity contribution >= 4 is 23.6 Å². The Bertz CT molecular complexity index is 867. The Hall–Kier alpha value is -3.68. The number of azo groups is 1. The molecule has 0 saturated carbocycles. The van der Waals surface area contributed by atoms with Gasteiger partial charge in [0.25, 0.3) is 5.91 Å². The summed E-state index contributed by atoms with van der Waals surface area (Å²) < 4.78 is 0. The number of carbonyl (C=O) groups excluding carboxylic acids is 2. The number of Topliss-reactive ketones (excluding diaryl/α,β-unsaturated/α-hetero) is 1. The van der Waals surface area contributed by atoms with E-state index >= 15 is 0 Å². The normalized spacial score (nSPS) is 12.2. The number of nitrogens with zero attached hydrogens (tertiary/aromatic N) is 4. The number of aliphatic hydroxyl groups excluding tert-OH is 1. The molecule has 2 N–H and O–H groups in total. The molecule has 1 amide bonds. The fourth-order valence-corrected chi connectivity index (χ4v) is 1.86. The van der Waals surface area contributed by atoms with Crippen molar-refractivity contribution in [3.63, 3.8) is 0 Å². The SMILES string of the molecule is CC(=O)/C(N=Nc1ccc(C(=O)N/N=C/c2ccncc2)cc1)=C(\C)O. The molecule has 1 aromatic carbocycles. The highest BCUT2D eigenvalue weighted by atomic mass is 16.3. The zero-order valence-electron chi connectivity index (χ0n) is 14.2. The largest absolute Gasteiger partial charge is 0.510 e. The van der Waals surface area contributed by atoms with Crippen molar-refractivity contribution in [2.24, 2.45) is 15.3 Å². The van der Waals surface area contributed by atoms with Crippen LogP contribution < -0.4 is 5.43 Å². The lowest BCUT2D eigenvalue weighted by atomic mass is 10.2. The second-order valence-corrected chi connectivity index (χ2v) is 5.22. The number of rotatable bonds is 6.